The van der Waals surface area contributed by atoms with Crippen molar-refractivity contribution in [3.05, 3.63) is 65.5 Å². The molecule has 0 aliphatic heterocycles. The third-order valence-corrected chi connectivity index (χ3v) is 4.61. The number of amides is 1. The minimum absolute atomic E-state index is 0.279. The molecule has 0 aliphatic carbocycles. The molecule has 0 unspecified atom stereocenters. The number of Topliss-reactive ketones (excluding diaryl/α,β-unsaturated/α-hetero) is 1. The highest BCUT2D eigenvalue weighted by molar-refractivity contribution is 7.92. The summed E-state index contributed by atoms with van der Waals surface area (Å²) in [5.74, 6) is -3.37. The Bertz CT molecular complexity index is 843. The summed E-state index contributed by atoms with van der Waals surface area (Å²) in [6, 6.07) is 11.4. The van der Waals surface area contributed by atoms with Crippen molar-refractivity contribution in [3.63, 3.8) is 0 Å². The number of hydrogen-bond donors (Lipinski definition) is 1. The normalized spacial score (nSPS) is 11.1. The number of aryl methyl sites for hydroxylation is 1. The van der Waals surface area contributed by atoms with Gasteiger partial charge in [-0.1, -0.05) is 29.8 Å². The van der Waals surface area contributed by atoms with Crippen LogP contribution < -0.4 is 5.32 Å². The van der Waals surface area contributed by atoms with Gasteiger partial charge in [0, 0.05) is 11.3 Å². The molecule has 0 saturated heterocycles. The molecule has 0 spiro atoms. The van der Waals surface area contributed by atoms with Gasteiger partial charge >= 0.3 is 0 Å². The monoisotopic (exact) mass is 349 g/mol. The molecule has 2 aromatic rings. The fraction of sp³-hybridized carbons (Fsp3) is 0.176. The lowest BCUT2D eigenvalue weighted by Crippen LogP contribution is -2.27. The fourth-order valence-corrected chi connectivity index (χ4v) is 3.14. The Morgan fingerprint density at radius 1 is 0.958 bits per heavy atom. The van der Waals surface area contributed by atoms with Crippen LogP contribution in [0.5, 0.6) is 0 Å². The summed E-state index contributed by atoms with van der Waals surface area (Å²) in [5.41, 5.74) is 1.51. The largest absolute Gasteiger partial charge is 0.325 e. The molecule has 1 N–H and O–H groups in total. The van der Waals surface area contributed by atoms with Crippen LogP contribution in [0, 0.1) is 12.7 Å². The topological polar surface area (TPSA) is 80.3 Å². The molecule has 0 aromatic heterocycles. The maximum atomic E-state index is 12.8. The quantitative estimate of drug-likeness (QED) is 0.812. The Hall–Kier alpha value is -2.54. The first-order valence-corrected chi connectivity index (χ1v) is 8.93. The Balaban J connectivity index is 1.97. The van der Waals surface area contributed by atoms with Crippen molar-refractivity contribution in [2.45, 2.75) is 6.92 Å². The molecule has 24 heavy (non-hydrogen) atoms. The van der Waals surface area contributed by atoms with E-state index in [4.69, 9.17) is 0 Å². The summed E-state index contributed by atoms with van der Waals surface area (Å²) in [7, 11) is -3.90. The molecule has 0 radical (unpaired) electrons. The zero-order chi connectivity index (χ0) is 17.7. The van der Waals surface area contributed by atoms with Crippen molar-refractivity contribution >= 4 is 27.2 Å². The maximum Gasteiger partial charge on any atom is 0.239 e. The summed E-state index contributed by atoms with van der Waals surface area (Å²) >= 11 is 0. The van der Waals surface area contributed by atoms with E-state index in [-0.39, 0.29) is 11.3 Å². The summed E-state index contributed by atoms with van der Waals surface area (Å²) in [4.78, 5) is 23.8. The molecular weight excluding hydrogens is 333 g/mol. The van der Waals surface area contributed by atoms with Gasteiger partial charge in [-0.2, -0.15) is 0 Å². The van der Waals surface area contributed by atoms with Crippen molar-refractivity contribution < 1.29 is 22.4 Å². The van der Waals surface area contributed by atoms with E-state index >= 15 is 0 Å². The fourth-order valence-electron chi connectivity index (χ4n) is 2.00. The molecule has 0 atom stereocenters. The lowest BCUT2D eigenvalue weighted by atomic mass is 10.1. The van der Waals surface area contributed by atoms with Crippen LogP contribution in [0.15, 0.2) is 48.5 Å². The number of benzene rings is 2. The SMILES string of the molecule is Cc1ccc(C(=O)CS(=O)(=O)CC(=O)Nc2ccc(F)cc2)cc1. The summed E-state index contributed by atoms with van der Waals surface area (Å²) in [6.45, 7) is 1.85. The number of sulfone groups is 1. The summed E-state index contributed by atoms with van der Waals surface area (Å²) in [5, 5.41) is 2.35. The molecule has 1 amide bonds. The highest BCUT2D eigenvalue weighted by atomic mass is 32.2. The van der Waals surface area contributed by atoms with Gasteiger partial charge in [0.2, 0.25) is 5.91 Å². The average Bonchev–Trinajstić information content (AvgIpc) is 2.49. The highest BCUT2D eigenvalue weighted by Gasteiger charge is 2.21. The molecule has 5 nitrogen and oxygen atoms in total. The molecule has 0 bridgehead atoms. The Kier molecular flexibility index (Phi) is 5.46. The van der Waals surface area contributed by atoms with Crippen LogP contribution in [0.3, 0.4) is 0 Å². The van der Waals surface area contributed by atoms with Gasteiger partial charge < -0.3 is 5.32 Å². The molecular formula is C17H16FNO4S. The number of carbonyl (C=O) groups is 2. The zero-order valence-electron chi connectivity index (χ0n) is 13.0. The predicted molar refractivity (Wildman–Crippen MR) is 89.2 cm³/mol. The second-order valence-corrected chi connectivity index (χ2v) is 7.44. The average molecular weight is 349 g/mol. The van der Waals surface area contributed by atoms with Gasteiger partial charge in [0.15, 0.2) is 15.6 Å². The van der Waals surface area contributed by atoms with Crippen molar-refractivity contribution in [1.82, 2.24) is 0 Å². The molecule has 0 heterocycles. The first-order valence-electron chi connectivity index (χ1n) is 7.11. The van der Waals surface area contributed by atoms with Crippen LogP contribution >= 0.6 is 0 Å². The zero-order valence-corrected chi connectivity index (χ0v) is 13.8. The number of rotatable bonds is 6. The van der Waals surface area contributed by atoms with Crippen LogP contribution in [0.25, 0.3) is 0 Å². The molecule has 2 aromatic carbocycles. The van der Waals surface area contributed by atoms with E-state index in [1.54, 1.807) is 24.3 Å². The molecule has 0 fully saturated rings. The number of halogens is 1. The van der Waals surface area contributed by atoms with Crippen LogP contribution in [-0.2, 0) is 14.6 Å². The molecule has 2 rings (SSSR count). The highest BCUT2D eigenvalue weighted by Crippen LogP contribution is 2.09. The number of nitrogens with one attached hydrogen (secondary N) is 1. The van der Waals surface area contributed by atoms with Crippen LogP contribution in [-0.4, -0.2) is 31.6 Å². The second kappa shape index (κ2) is 7.35. The van der Waals surface area contributed by atoms with Gasteiger partial charge in [-0.3, -0.25) is 9.59 Å². The third kappa shape index (κ3) is 5.27. The van der Waals surface area contributed by atoms with E-state index in [0.717, 1.165) is 17.7 Å². The van der Waals surface area contributed by atoms with Gasteiger partial charge in [-0.15, -0.1) is 0 Å². The second-order valence-electron chi connectivity index (χ2n) is 5.38. The first kappa shape index (κ1) is 17.8. The van der Waals surface area contributed by atoms with Crippen molar-refractivity contribution in [1.29, 1.82) is 0 Å². The van der Waals surface area contributed by atoms with Crippen molar-refractivity contribution in [2.24, 2.45) is 0 Å². The standard InChI is InChI=1S/C17H16FNO4S/c1-12-2-4-13(5-3-12)16(20)10-24(22,23)11-17(21)19-15-8-6-14(18)7-9-15/h2-9H,10-11H2,1H3,(H,19,21). The molecule has 0 saturated carbocycles. The molecule has 7 heteroatoms. The third-order valence-electron chi connectivity index (χ3n) is 3.20. The molecule has 0 aliphatic rings. The van der Waals surface area contributed by atoms with Crippen LogP contribution in [0.4, 0.5) is 10.1 Å². The maximum absolute atomic E-state index is 12.8. The van der Waals surface area contributed by atoms with Crippen LogP contribution in [0.1, 0.15) is 15.9 Å². The van der Waals surface area contributed by atoms with Gasteiger partial charge in [0.25, 0.3) is 0 Å². The minimum Gasteiger partial charge on any atom is -0.325 e. The Morgan fingerprint density at radius 2 is 1.54 bits per heavy atom. The summed E-state index contributed by atoms with van der Waals surface area (Å²) in [6.07, 6.45) is 0. The summed E-state index contributed by atoms with van der Waals surface area (Å²) < 4.78 is 36.8. The lowest BCUT2D eigenvalue weighted by molar-refractivity contribution is -0.113. The van der Waals surface area contributed by atoms with E-state index in [9.17, 15) is 22.4 Å². The van der Waals surface area contributed by atoms with Crippen molar-refractivity contribution in [2.75, 3.05) is 16.8 Å². The van der Waals surface area contributed by atoms with Gasteiger partial charge in [-0.05, 0) is 31.2 Å². The van der Waals surface area contributed by atoms with Gasteiger partial charge in [0.1, 0.15) is 17.3 Å². The van der Waals surface area contributed by atoms with E-state index in [2.05, 4.69) is 5.32 Å². The number of carbonyl (C=O) groups excluding carboxylic acids is 2. The number of ketones is 1. The van der Waals surface area contributed by atoms with E-state index in [1.807, 2.05) is 6.92 Å². The molecule has 126 valence electrons. The number of anilines is 1. The Morgan fingerprint density at radius 3 is 2.12 bits per heavy atom. The van der Waals surface area contributed by atoms with Crippen LogP contribution in [0.2, 0.25) is 0 Å². The van der Waals surface area contributed by atoms with Gasteiger partial charge in [0.05, 0.1) is 0 Å². The number of hydrogen-bond acceptors (Lipinski definition) is 4. The van der Waals surface area contributed by atoms with Crippen molar-refractivity contribution in [3.8, 4) is 0 Å². The smallest absolute Gasteiger partial charge is 0.239 e. The predicted octanol–water partition coefficient (Wildman–Crippen LogP) is 2.37. The van der Waals surface area contributed by atoms with E-state index in [0.29, 0.717) is 0 Å². The van der Waals surface area contributed by atoms with Gasteiger partial charge in [-0.25, -0.2) is 12.8 Å². The Labute approximate surface area is 139 Å². The lowest BCUT2D eigenvalue weighted by Gasteiger charge is -2.06. The van der Waals surface area contributed by atoms with E-state index < -0.39 is 38.9 Å². The van der Waals surface area contributed by atoms with E-state index in [1.165, 1.54) is 12.1 Å². The first-order chi connectivity index (χ1) is 11.2. The minimum atomic E-state index is -3.90.